The van der Waals surface area contributed by atoms with E-state index in [-0.39, 0.29) is 0 Å². The summed E-state index contributed by atoms with van der Waals surface area (Å²) in [5.41, 5.74) is 1.92. The lowest BCUT2D eigenvalue weighted by Gasteiger charge is -2.21. The van der Waals surface area contributed by atoms with Gasteiger partial charge in [0.05, 0.1) is 31.2 Å². The monoisotopic (exact) mass is 232 g/mol. The molecule has 5 heteroatoms. The van der Waals surface area contributed by atoms with Crippen molar-refractivity contribution in [1.29, 1.82) is 0 Å². The number of imidazole rings is 1. The van der Waals surface area contributed by atoms with Crippen LogP contribution < -0.4 is 10.1 Å². The summed E-state index contributed by atoms with van der Waals surface area (Å²) in [7, 11) is 1.65. The molecule has 0 amide bonds. The van der Waals surface area contributed by atoms with Gasteiger partial charge in [-0.3, -0.25) is 9.38 Å². The zero-order valence-electron chi connectivity index (χ0n) is 9.89. The Morgan fingerprint density at radius 2 is 2.35 bits per heavy atom. The third kappa shape index (κ3) is 1.86. The Hall–Kier alpha value is -1.62. The Morgan fingerprint density at radius 3 is 3.12 bits per heavy atom. The predicted octanol–water partition coefficient (Wildman–Crippen LogP) is 1.55. The van der Waals surface area contributed by atoms with E-state index in [2.05, 4.69) is 15.3 Å². The van der Waals surface area contributed by atoms with E-state index in [9.17, 15) is 0 Å². The minimum absolute atomic E-state index is 0.369. The van der Waals surface area contributed by atoms with Gasteiger partial charge in [0.15, 0.2) is 5.65 Å². The summed E-state index contributed by atoms with van der Waals surface area (Å²) < 4.78 is 7.21. The van der Waals surface area contributed by atoms with Crippen LogP contribution in [-0.2, 0) is 0 Å². The Bertz CT molecular complexity index is 516. The summed E-state index contributed by atoms with van der Waals surface area (Å²) in [6, 6.07) is 0.369. The summed E-state index contributed by atoms with van der Waals surface area (Å²) in [6.07, 6.45) is 9.18. The van der Waals surface area contributed by atoms with Crippen LogP contribution in [0.3, 0.4) is 0 Å². The number of rotatable bonds is 2. The van der Waals surface area contributed by atoms with Crippen molar-refractivity contribution in [3.05, 3.63) is 24.3 Å². The largest absolute Gasteiger partial charge is 0.481 e. The van der Waals surface area contributed by atoms with Crippen LogP contribution in [0.15, 0.2) is 18.6 Å². The van der Waals surface area contributed by atoms with E-state index in [1.807, 2.05) is 10.6 Å². The molecule has 0 saturated carbocycles. The van der Waals surface area contributed by atoms with Crippen molar-refractivity contribution >= 4 is 5.65 Å². The highest BCUT2D eigenvalue weighted by Gasteiger charge is 2.18. The lowest BCUT2D eigenvalue weighted by atomic mass is 10.0. The van der Waals surface area contributed by atoms with Crippen molar-refractivity contribution in [3.63, 3.8) is 0 Å². The van der Waals surface area contributed by atoms with Crippen LogP contribution in [0.5, 0.6) is 5.88 Å². The summed E-state index contributed by atoms with van der Waals surface area (Å²) in [4.78, 5) is 8.72. The molecule has 1 N–H and O–H groups in total. The van der Waals surface area contributed by atoms with Gasteiger partial charge in [-0.15, -0.1) is 0 Å². The number of aromatic nitrogens is 3. The van der Waals surface area contributed by atoms with E-state index in [0.717, 1.165) is 30.2 Å². The molecule has 17 heavy (non-hydrogen) atoms. The molecule has 0 spiro atoms. The van der Waals surface area contributed by atoms with Gasteiger partial charge in [-0.1, -0.05) is 6.42 Å². The molecule has 1 aliphatic rings. The van der Waals surface area contributed by atoms with Crippen LogP contribution in [0.1, 0.15) is 31.0 Å². The van der Waals surface area contributed by atoms with E-state index in [0.29, 0.717) is 6.04 Å². The lowest BCUT2D eigenvalue weighted by molar-refractivity contribution is 0.389. The predicted molar refractivity (Wildman–Crippen MR) is 64.1 cm³/mol. The highest BCUT2D eigenvalue weighted by molar-refractivity contribution is 5.41. The van der Waals surface area contributed by atoms with Crippen LogP contribution in [0.25, 0.3) is 5.65 Å². The molecule has 0 aromatic carbocycles. The van der Waals surface area contributed by atoms with E-state index in [4.69, 9.17) is 4.74 Å². The van der Waals surface area contributed by atoms with Crippen molar-refractivity contribution in [3.8, 4) is 5.88 Å². The molecule has 0 bridgehead atoms. The van der Waals surface area contributed by atoms with Crippen LogP contribution in [0, 0.1) is 0 Å². The second-order valence-corrected chi connectivity index (χ2v) is 4.35. The molecule has 0 aliphatic carbocycles. The molecule has 2 aromatic heterocycles. The molecule has 1 aliphatic heterocycles. The first-order valence-electron chi connectivity index (χ1n) is 5.99. The molecule has 90 valence electrons. The Balaban J connectivity index is 2.00. The van der Waals surface area contributed by atoms with Crippen LogP contribution >= 0.6 is 0 Å². The minimum atomic E-state index is 0.369. The Labute approximate surface area is 99.8 Å². The van der Waals surface area contributed by atoms with Gasteiger partial charge in [-0.05, 0) is 19.4 Å². The Morgan fingerprint density at radius 1 is 1.41 bits per heavy atom. The third-order valence-corrected chi connectivity index (χ3v) is 3.24. The van der Waals surface area contributed by atoms with Crippen molar-refractivity contribution in [2.75, 3.05) is 13.7 Å². The van der Waals surface area contributed by atoms with Gasteiger partial charge in [0.25, 0.3) is 0 Å². The van der Waals surface area contributed by atoms with Gasteiger partial charge in [-0.25, -0.2) is 4.98 Å². The molecule has 2 aromatic rings. The second kappa shape index (κ2) is 4.33. The van der Waals surface area contributed by atoms with E-state index in [1.54, 1.807) is 19.5 Å². The topological polar surface area (TPSA) is 51.5 Å². The van der Waals surface area contributed by atoms with Gasteiger partial charge in [-0.2, -0.15) is 0 Å². The van der Waals surface area contributed by atoms with Gasteiger partial charge in [0.2, 0.25) is 5.88 Å². The van der Waals surface area contributed by atoms with Gasteiger partial charge >= 0.3 is 0 Å². The number of ether oxygens (including phenoxy) is 1. The number of methoxy groups -OCH3 is 1. The summed E-state index contributed by atoms with van der Waals surface area (Å²) in [5, 5.41) is 3.50. The first kappa shape index (κ1) is 10.5. The molecule has 3 heterocycles. The summed E-state index contributed by atoms with van der Waals surface area (Å²) >= 11 is 0. The van der Waals surface area contributed by atoms with Crippen molar-refractivity contribution in [2.24, 2.45) is 0 Å². The highest BCUT2D eigenvalue weighted by Crippen LogP contribution is 2.23. The van der Waals surface area contributed by atoms with Crippen molar-refractivity contribution in [2.45, 2.75) is 25.3 Å². The summed E-state index contributed by atoms with van der Waals surface area (Å²) in [5.74, 6) is 0.719. The van der Waals surface area contributed by atoms with Gasteiger partial charge in [0.1, 0.15) is 0 Å². The van der Waals surface area contributed by atoms with E-state index >= 15 is 0 Å². The Kier molecular flexibility index (Phi) is 2.68. The van der Waals surface area contributed by atoms with E-state index in [1.165, 1.54) is 12.8 Å². The standard InChI is InChI=1S/C12H16N4O/c1-17-12-7-13-6-11-15-10(8-16(11)12)9-4-2-3-5-14-9/h6-9,14H,2-5H2,1H3. The molecule has 1 fully saturated rings. The number of nitrogens with one attached hydrogen (secondary N) is 1. The second-order valence-electron chi connectivity index (χ2n) is 4.35. The third-order valence-electron chi connectivity index (χ3n) is 3.24. The molecule has 1 unspecified atom stereocenters. The molecular formula is C12H16N4O. The zero-order valence-corrected chi connectivity index (χ0v) is 9.89. The fourth-order valence-corrected chi connectivity index (χ4v) is 2.33. The fraction of sp³-hybridized carbons (Fsp3) is 0.500. The molecule has 1 atom stereocenters. The normalized spacial score (nSPS) is 20.6. The average Bonchev–Trinajstić information content (AvgIpc) is 2.83. The number of fused-ring (bicyclic) bond motifs is 1. The SMILES string of the molecule is COc1cncc2nc(C3CCCCN3)cn12. The molecular weight excluding hydrogens is 216 g/mol. The van der Waals surface area contributed by atoms with Crippen LogP contribution in [0.4, 0.5) is 0 Å². The van der Waals surface area contributed by atoms with Crippen molar-refractivity contribution in [1.82, 2.24) is 19.7 Å². The van der Waals surface area contributed by atoms with Crippen molar-refractivity contribution < 1.29 is 4.74 Å². The first-order chi connectivity index (χ1) is 8.38. The maximum atomic E-state index is 5.27. The van der Waals surface area contributed by atoms with Gasteiger partial charge < -0.3 is 10.1 Å². The van der Waals surface area contributed by atoms with Crippen LogP contribution in [-0.4, -0.2) is 28.0 Å². The quantitative estimate of drug-likeness (QED) is 0.853. The number of hydrogen-bond donors (Lipinski definition) is 1. The van der Waals surface area contributed by atoms with Crippen LogP contribution in [0.2, 0.25) is 0 Å². The van der Waals surface area contributed by atoms with E-state index < -0.39 is 0 Å². The summed E-state index contributed by atoms with van der Waals surface area (Å²) in [6.45, 7) is 1.08. The lowest BCUT2D eigenvalue weighted by Crippen LogP contribution is -2.26. The van der Waals surface area contributed by atoms with Gasteiger partial charge in [0, 0.05) is 6.20 Å². The maximum absolute atomic E-state index is 5.27. The molecule has 0 radical (unpaired) electrons. The molecule has 1 saturated heterocycles. The number of nitrogens with zero attached hydrogens (tertiary/aromatic N) is 3. The maximum Gasteiger partial charge on any atom is 0.218 e. The smallest absolute Gasteiger partial charge is 0.218 e. The minimum Gasteiger partial charge on any atom is -0.481 e. The number of hydrogen-bond acceptors (Lipinski definition) is 4. The zero-order chi connectivity index (χ0) is 11.7. The first-order valence-corrected chi connectivity index (χ1v) is 5.99. The average molecular weight is 232 g/mol. The fourth-order valence-electron chi connectivity index (χ4n) is 2.33. The molecule has 5 nitrogen and oxygen atoms in total. The number of piperidine rings is 1. The molecule has 3 rings (SSSR count). The highest BCUT2D eigenvalue weighted by atomic mass is 16.5.